The number of carbonyl (C=O) groups is 2. The molecule has 1 aromatic rings. The largest absolute Gasteiger partial charge is 0.504 e. The van der Waals surface area contributed by atoms with Gasteiger partial charge < -0.3 is 19.3 Å². The molecule has 0 aromatic heterocycles. The normalized spacial score (nSPS) is 23.4. The first-order valence-corrected chi connectivity index (χ1v) is 7.97. The molecule has 2 aliphatic heterocycles. The molecule has 1 atom stereocenters. The number of carbonyl (C=O) groups excluding carboxylic acids is 2. The number of esters is 1. The Morgan fingerprint density at radius 2 is 1.96 bits per heavy atom. The second-order valence-electron chi connectivity index (χ2n) is 7.55. The van der Waals surface area contributed by atoms with Gasteiger partial charge in [-0.1, -0.05) is 0 Å². The molecule has 2 aliphatic rings. The van der Waals surface area contributed by atoms with Crippen molar-refractivity contribution in [3.8, 4) is 17.2 Å². The lowest BCUT2D eigenvalue weighted by molar-refractivity contribution is -0.158. The smallest absolute Gasteiger partial charge is 0.303 e. The summed E-state index contributed by atoms with van der Waals surface area (Å²) >= 11 is 0. The van der Waals surface area contributed by atoms with E-state index in [0.29, 0.717) is 23.3 Å². The third kappa shape index (κ3) is 2.70. The highest BCUT2D eigenvalue weighted by atomic mass is 16.6. The molecule has 0 spiro atoms. The average Bonchev–Trinajstić information content (AvgIpc) is 2.41. The standard InChI is InChI=1S/C18H22O6/c1-9(19)22-14-7-11-13(23-18(14,4)5)6-10-12(20)8-17(2,3)24-16(10)15(11)21/h6,14,21H,7-8H2,1-5H3/t14-/m1/s1. The Kier molecular flexibility index (Phi) is 3.55. The number of phenols is 1. The van der Waals surface area contributed by atoms with Crippen LogP contribution in [0.4, 0.5) is 0 Å². The molecule has 0 saturated heterocycles. The molecule has 0 unspecified atom stereocenters. The summed E-state index contributed by atoms with van der Waals surface area (Å²) in [4.78, 5) is 23.7. The molecule has 0 fully saturated rings. The van der Waals surface area contributed by atoms with Crippen molar-refractivity contribution < 1.29 is 28.9 Å². The lowest BCUT2D eigenvalue weighted by Gasteiger charge is -2.40. The van der Waals surface area contributed by atoms with Crippen LogP contribution in [0.2, 0.25) is 0 Å². The van der Waals surface area contributed by atoms with E-state index in [4.69, 9.17) is 14.2 Å². The van der Waals surface area contributed by atoms with Crippen molar-refractivity contribution in [3.63, 3.8) is 0 Å². The minimum Gasteiger partial charge on any atom is -0.504 e. The molecule has 3 rings (SSSR count). The molecule has 0 aliphatic carbocycles. The molecular weight excluding hydrogens is 312 g/mol. The number of Topliss-reactive ketones (excluding diaryl/α,β-unsaturated/α-hetero) is 1. The fraction of sp³-hybridized carbons (Fsp3) is 0.556. The molecule has 6 heteroatoms. The van der Waals surface area contributed by atoms with Gasteiger partial charge >= 0.3 is 5.97 Å². The van der Waals surface area contributed by atoms with Crippen molar-refractivity contribution in [1.82, 2.24) is 0 Å². The Labute approximate surface area is 140 Å². The van der Waals surface area contributed by atoms with Gasteiger partial charge in [-0.15, -0.1) is 0 Å². The number of hydrogen-bond acceptors (Lipinski definition) is 6. The van der Waals surface area contributed by atoms with E-state index in [0.717, 1.165) is 0 Å². The van der Waals surface area contributed by atoms with Gasteiger partial charge in [0.15, 0.2) is 17.3 Å². The lowest BCUT2D eigenvalue weighted by Crippen LogP contribution is -2.48. The van der Waals surface area contributed by atoms with E-state index in [1.54, 1.807) is 19.9 Å². The summed E-state index contributed by atoms with van der Waals surface area (Å²) in [6, 6.07) is 1.62. The van der Waals surface area contributed by atoms with Gasteiger partial charge in [0.25, 0.3) is 0 Å². The molecule has 0 bridgehead atoms. The van der Waals surface area contributed by atoms with Crippen molar-refractivity contribution >= 4 is 11.8 Å². The topological polar surface area (TPSA) is 82.1 Å². The molecule has 0 saturated carbocycles. The minimum absolute atomic E-state index is 0.0946. The number of phenolic OH excluding ortho intramolecular Hbond substituents is 1. The predicted octanol–water partition coefficient (Wildman–Crippen LogP) is 2.78. The van der Waals surface area contributed by atoms with Crippen LogP contribution in [0, 0.1) is 0 Å². The summed E-state index contributed by atoms with van der Waals surface area (Å²) in [7, 11) is 0. The van der Waals surface area contributed by atoms with Crippen LogP contribution in [-0.4, -0.2) is 34.2 Å². The quantitative estimate of drug-likeness (QED) is 0.795. The molecule has 0 radical (unpaired) electrons. The average molecular weight is 334 g/mol. The summed E-state index contributed by atoms with van der Waals surface area (Å²) in [6.07, 6.45) is -0.0183. The van der Waals surface area contributed by atoms with Crippen molar-refractivity contribution in [3.05, 3.63) is 17.2 Å². The van der Waals surface area contributed by atoms with E-state index in [1.165, 1.54) is 6.92 Å². The number of aromatic hydroxyl groups is 1. The summed E-state index contributed by atoms with van der Waals surface area (Å²) in [5, 5.41) is 10.7. The lowest BCUT2D eigenvalue weighted by atomic mass is 9.86. The van der Waals surface area contributed by atoms with Crippen LogP contribution in [0.5, 0.6) is 17.2 Å². The van der Waals surface area contributed by atoms with E-state index in [9.17, 15) is 14.7 Å². The highest BCUT2D eigenvalue weighted by Crippen LogP contribution is 2.49. The number of fused-ring (bicyclic) bond motifs is 2. The Morgan fingerprint density at radius 3 is 2.58 bits per heavy atom. The van der Waals surface area contributed by atoms with Gasteiger partial charge in [0.1, 0.15) is 23.1 Å². The molecule has 24 heavy (non-hydrogen) atoms. The van der Waals surface area contributed by atoms with Crippen molar-refractivity contribution in [1.29, 1.82) is 0 Å². The van der Waals surface area contributed by atoms with Crippen LogP contribution in [0.15, 0.2) is 6.07 Å². The molecular formula is C18H22O6. The second-order valence-corrected chi connectivity index (χ2v) is 7.55. The van der Waals surface area contributed by atoms with Crippen LogP contribution in [0.1, 0.15) is 57.0 Å². The van der Waals surface area contributed by atoms with Gasteiger partial charge in [0.2, 0.25) is 0 Å². The summed E-state index contributed by atoms with van der Waals surface area (Å²) in [5.74, 6) is -0.0135. The fourth-order valence-electron chi connectivity index (χ4n) is 3.22. The van der Waals surface area contributed by atoms with Crippen LogP contribution >= 0.6 is 0 Å². The number of ether oxygens (including phenoxy) is 3. The maximum Gasteiger partial charge on any atom is 0.303 e. The van der Waals surface area contributed by atoms with Gasteiger partial charge in [-0.2, -0.15) is 0 Å². The van der Waals surface area contributed by atoms with Gasteiger partial charge in [0.05, 0.1) is 12.0 Å². The van der Waals surface area contributed by atoms with Crippen LogP contribution in [0.25, 0.3) is 0 Å². The SMILES string of the molecule is CC(=O)O[C@@H]1Cc2c(cc3c(c2O)OC(C)(C)CC3=O)OC1(C)C. The minimum atomic E-state index is -0.767. The molecule has 1 aromatic carbocycles. The molecule has 2 heterocycles. The first-order valence-electron chi connectivity index (χ1n) is 7.97. The zero-order chi connectivity index (χ0) is 17.9. The van der Waals surface area contributed by atoms with Crippen molar-refractivity contribution in [2.45, 2.75) is 64.8 Å². The molecule has 6 nitrogen and oxygen atoms in total. The third-order valence-electron chi connectivity index (χ3n) is 4.43. The van der Waals surface area contributed by atoms with E-state index >= 15 is 0 Å². The van der Waals surface area contributed by atoms with E-state index in [-0.39, 0.29) is 23.7 Å². The van der Waals surface area contributed by atoms with Crippen LogP contribution < -0.4 is 9.47 Å². The van der Waals surface area contributed by atoms with Crippen LogP contribution in [0.3, 0.4) is 0 Å². The Bertz CT molecular complexity index is 732. The van der Waals surface area contributed by atoms with Gasteiger partial charge in [-0.25, -0.2) is 0 Å². The monoisotopic (exact) mass is 334 g/mol. The van der Waals surface area contributed by atoms with Crippen molar-refractivity contribution in [2.75, 3.05) is 0 Å². The van der Waals surface area contributed by atoms with Gasteiger partial charge in [-0.3, -0.25) is 9.59 Å². The highest BCUT2D eigenvalue weighted by molar-refractivity contribution is 6.02. The van der Waals surface area contributed by atoms with E-state index < -0.39 is 23.3 Å². The second kappa shape index (κ2) is 5.13. The maximum atomic E-state index is 12.4. The first-order chi connectivity index (χ1) is 11.0. The third-order valence-corrected chi connectivity index (χ3v) is 4.43. The molecule has 0 amide bonds. The number of ketones is 1. The predicted molar refractivity (Wildman–Crippen MR) is 85.7 cm³/mol. The van der Waals surface area contributed by atoms with Crippen LogP contribution in [-0.2, 0) is 16.0 Å². The van der Waals surface area contributed by atoms with Gasteiger partial charge in [0, 0.05) is 18.9 Å². The van der Waals surface area contributed by atoms with Gasteiger partial charge in [-0.05, 0) is 33.8 Å². The van der Waals surface area contributed by atoms with Crippen molar-refractivity contribution in [2.24, 2.45) is 0 Å². The van der Waals surface area contributed by atoms with E-state index in [2.05, 4.69) is 0 Å². The fourth-order valence-corrected chi connectivity index (χ4v) is 3.22. The molecule has 130 valence electrons. The Hall–Kier alpha value is -2.24. The summed E-state index contributed by atoms with van der Waals surface area (Å²) < 4.78 is 17.1. The Balaban J connectivity index is 2.09. The maximum absolute atomic E-state index is 12.4. The first kappa shape index (κ1) is 16.6. The van der Waals surface area contributed by atoms with E-state index in [1.807, 2.05) is 13.8 Å². The number of hydrogen-bond donors (Lipinski definition) is 1. The zero-order valence-corrected chi connectivity index (χ0v) is 14.6. The molecule has 1 N–H and O–H groups in total. The summed E-state index contributed by atoms with van der Waals surface area (Å²) in [6.45, 7) is 8.55. The number of rotatable bonds is 1. The zero-order valence-electron chi connectivity index (χ0n) is 14.6. The number of benzene rings is 1. The highest BCUT2D eigenvalue weighted by Gasteiger charge is 2.43. The summed E-state index contributed by atoms with van der Waals surface area (Å²) in [5.41, 5.74) is -0.631. The Morgan fingerprint density at radius 1 is 1.29 bits per heavy atom.